The zero-order valence-corrected chi connectivity index (χ0v) is 9.80. The molecule has 0 fully saturated rings. The molecule has 2 aromatic rings. The largest absolute Gasteiger partial charge is 0.477 e. The first-order valence-corrected chi connectivity index (χ1v) is 5.24. The Hall–Kier alpha value is -1.32. The summed E-state index contributed by atoms with van der Waals surface area (Å²) < 4.78 is 0. The van der Waals surface area contributed by atoms with Gasteiger partial charge in [0.2, 0.25) is 0 Å². The summed E-state index contributed by atoms with van der Waals surface area (Å²) >= 11 is 12.0. The van der Waals surface area contributed by atoms with E-state index in [0.717, 1.165) is 5.56 Å². The highest BCUT2D eigenvalue weighted by Gasteiger charge is 2.12. The second kappa shape index (κ2) is 3.92. The molecule has 0 saturated heterocycles. The van der Waals surface area contributed by atoms with E-state index in [1.54, 1.807) is 6.07 Å². The van der Waals surface area contributed by atoms with E-state index in [4.69, 9.17) is 28.3 Å². The monoisotopic (exact) mass is 255 g/mol. The fraction of sp³-hybridized carbons (Fsp3) is 0.0909. The van der Waals surface area contributed by atoms with Crippen molar-refractivity contribution in [2.24, 2.45) is 0 Å². The van der Waals surface area contributed by atoms with Gasteiger partial charge in [0.1, 0.15) is 5.69 Å². The van der Waals surface area contributed by atoms with Gasteiger partial charge in [-0.2, -0.15) is 0 Å². The Morgan fingerprint density at radius 1 is 1.25 bits per heavy atom. The molecule has 1 heterocycles. The average molecular weight is 256 g/mol. The molecule has 2 rings (SSSR count). The van der Waals surface area contributed by atoms with Crippen molar-refractivity contribution in [1.29, 1.82) is 0 Å². The first kappa shape index (κ1) is 11.2. The summed E-state index contributed by atoms with van der Waals surface area (Å²) in [6, 6.07) is 4.86. The number of hydrogen-bond acceptors (Lipinski definition) is 2. The first-order chi connectivity index (χ1) is 7.49. The third-order valence-corrected chi connectivity index (χ3v) is 2.78. The van der Waals surface area contributed by atoms with Crippen LogP contribution in [0.15, 0.2) is 18.2 Å². The van der Waals surface area contributed by atoms with Crippen molar-refractivity contribution in [3.8, 4) is 0 Å². The molecule has 0 unspecified atom stereocenters. The quantitative estimate of drug-likeness (QED) is 0.848. The molecule has 1 aromatic heterocycles. The van der Waals surface area contributed by atoms with E-state index in [1.807, 2.05) is 13.0 Å². The number of aromatic nitrogens is 1. The maximum absolute atomic E-state index is 10.8. The Bertz CT molecular complexity index is 596. The van der Waals surface area contributed by atoms with E-state index in [-0.39, 0.29) is 5.69 Å². The van der Waals surface area contributed by atoms with Gasteiger partial charge in [-0.1, -0.05) is 23.2 Å². The van der Waals surface area contributed by atoms with E-state index in [9.17, 15) is 4.79 Å². The van der Waals surface area contributed by atoms with Crippen LogP contribution in [0.1, 0.15) is 16.1 Å². The molecular formula is C11H7Cl2NO2. The van der Waals surface area contributed by atoms with Crippen molar-refractivity contribution in [1.82, 2.24) is 4.98 Å². The topological polar surface area (TPSA) is 50.2 Å². The predicted octanol–water partition coefficient (Wildman–Crippen LogP) is 3.55. The molecule has 0 spiro atoms. The summed E-state index contributed by atoms with van der Waals surface area (Å²) in [5.74, 6) is -1.12. The second-order valence-corrected chi connectivity index (χ2v) is 4.25. The van der Waals surface area contributed by atoms with Gasteiger partial charge in [-0.3, -0.25) is 0 Å². The molecule has 0 amide bonds. The van der Waals surface area contributed by atoms with Gasteiger partial charge >= 0.3 is 5.97 Å². The van der Waals surface area contributed by atoms with E-state index in [1.165, 1.54) is 6.07 Å². The van der Waals surface area contributed by atoms with Crippen LogP contribution in [0.4, 0.5) is 0 Å². The normalized spacial score (nSPS) is 10.7. The number of fused-ring (bicyclic) bond motifs is 1. The number of benzene rings is 1. The number of aryl methyl sites for hydroxylation is 1. The second-order valence-electron chi connectivity index (χ2n) is 3.44. The summed E-state index contributed by atoms with van der Waals surface area (Å²) in [4.78, 5) is 14.8. The molecule has 0 aliphatic carbocycles. The fourth-order valence-corrected chi connectivity index (χ4v) is 2.05. The lowest BCUT2D eigenvalue weighted by Gasteiger charge is -2.05. The third kappa shape index (κ3) is 1.84. The summed E-state index contributed by atoms with van der Waals surface area (Å²) in [5, 5.41) is 10.3. The highest BCUT2D eigenvalue weighted by atomic mass is 35.5. The molecule has 82 valence electrons. The lowest BCUT2D eigenvalue weighted by molar-refractivity contribution is 0.0691. The van der Waals surface area contributed by atoms with Crippen LogP contribution in [0.25, 0.3) is 10.9 Å². The molecule has 0 aliphatic rings. The Labute approximate surface area is 102 Å². The van der Waals surface area contributed by atoms with Crippen molar-refractivity contribution >= 4 is 40.1 Å². The van der Waals surface area contributed by atoms with Gasteiger partial charge in [-0.05, 0) is 30.7 Å². The molecular weight excluding hydrogens is 249 g/mol. The van der Waals surface area contributed by atoms with Crippen LogP contribution in [0.2, 0.25) is 10.0 Å². The van der Waals surface area contributed by atoms with Gasteiger partial charge in [0, 0.05) is 5.39 Å². The number of halogens is 2. The highest BCUT2D eigenvalue weighted by Crippen LogP contribution is 2.29. The number of rotatable bonds is 1. The SMILES string of the molecule is Cc1cc(Cl)c2nc(C(=O)O)cc(Cl)c2c1. The Morgan fingerprint density at radius 3 is 2.56 bits per heavy atom. The zero-order valence-electron chi connectivity index (χ0n) is 8.29. The summed E-state index contributed by atoms with van der Waals surface area (Å²) in [6.07, 6.45) is 0. The van der Waals surface area contributed by atoms with Gasteiger partial charge < -0.3 is 5.11 Å². The molecule has 0 bridgehead atoms. The fourth-order valence-electron chi connectivity index (χ4n) is 1.49. The first-order valence-electron chi connectivity index (χ1n) is 4.48. The Morgan fingerprint density at radius 2 is 1.94 bits per heavy atom. The Balaban J connectivity index is 2.87. The van der Waals surface area contributed by atoms with E-state index in [0.29, 0.717) is 20.9 Å². The zero-order chi connectivity index (χ0) is 11.9. The summed E-state index contributed by atoms with van der Waals surface area (Å²) in [5.41, 5.74) is 1.25. The van der Waals surface area contributed by atoms with Crippen LogP contribution in [-0.4, -0.2) is 16.1 Å². The lowest BCUT2D eigenvalue weighted by atomic mass is 10.1. The molecule has 0 aliphatic heterocycles. The number of hydrogen-bond donors (Lipinski definition) is 1. The molecule has 5 heteroatoms. The van der Waals surface area contributed by atoms with Gasteiger partial charge in [0.15, 0.2) is 0 Å². The van der Waals surface area contributed by atoms with E-state index >= 15 is 0 Å². The molecule has 0 radical (unpaired) electrons. The van der Waals surface area contributed by atoms with Gasteiger partial charge in [-0.25, -0.2) is 9.78 Å². The van der Waals surface area contributed by atoms with Crippen LogP contribution in [0.5, 0.6) is 0 Å². The van der Waals surface area contributed by atoms with Crippen molar-refractivity contribution in [3.05, 3.63) is 39.5 Å². The number of carbonyl (C=O) groups is 1. The highest BCUT2D eigenvalue weighted by molar-refractivity contribution is 6.39. The molecule has 1 N–H and O–H groups in total. The molecule has 0 atom stereocenters. The number of aromatic carboxylic acids is 1. The van der Waals surface area contributed by atoms with Crippen LogP contribution in [0, 0.1) is 6.92 Å². The van der Waals surface area contributed by atoms with Gasteiger partial charge in [0.05, 0.1) is 15.6 Å². The standard InChI is InChI=1S/C11H7Cl2NO2/c1-5-2-6-7(12)4-9(11(15)16)14-10(6)8(13)3-5/h2-4H,1H3,(H,15,16). The molecule has 0 saturated carbocycles. The molecule has 3 nitrogen and oxygen atoms in total. The van der Waals surface area contributed by atoms with E-state index in [2.05, 4.69) is 4.98 Å². The smallest absolute Gasteiger partial charge is 0.354 e. The number of carboxylic acids is 1. The minimum atomic E-state index is -1.12. The van der Waals surface area contributed by atoms with Crippen LogP contribution in [-0.2, 0) is 0 Å². The average Bonchev–Trinajstić information content (AvgIpc) is 2.19. The van der Waals surface area contributed by atoms with Crippen LogP contribution < -0.4 is 0 Å². The van der Waals surface area contributed by atoms with Crippen LogP contribution >= 0.6 is 23.2 Å². The van der Waals surface area contributed by atoms with Crippen molar-refractivity contribution < 1.29 is 9.90 Å². The van der Waals surface area contributed by atoms with Gasteiger partial charge in [-0.15, -0.1) is 0 Å². The number of pyridine rings is 1. The minimum absolute atomic E-state index is 0.108. The number of nitrogens with zero attached hydrogens (tertiary/aromatic N) is 1. The predicted molar refractivity (Wildman–Crippen MR) is 63.5 cm³/mol. The summed E-state index contributed by atoms with van der Waals surface area (Å²) in [6.45, 7) is 1.88. The third-order valence-electron chi connectivity index (χ3n) is 2.18. The number of carboxylic acid groups (broad SMARTS) is 1. The maximum atomic E-state index is 10.8. The van der Waals surface area contributed by atoms with Gasteiger partial charge in [0.25, 0.3) is 0 Å². The minimum Gasteiger partial charge on any atom is -0.477 e. The van der Waals surface area contributed by atoms with Crippen molar-refractivity contribution in [2.45, 2.75) is 6.92 Å². The maximum Gasteiger partial charge on any atom is 0.354 e. The summed E-state index contributed by atoms with van der Waals surface area (Å²) in [7, 11) is 0. The molecule has 1 aromatic carbocycles. The van der Waals surface area contributed by atoms with Crippen molar-refractivity contribution in [2.75, 3.05) is 0 Å². The van der Waals surface area contributed by atoms with Crippen molar-refractivity contribution in [3.63, 3.8) is 0 Å². The lowest BCUT2D eigenvalue weighted by Crippen LogP contribution is -2.00. The molecule has 16 heavy (non-hydrogen) atoms. The van der Waals surface area contributed by atoms with Crippen LogP contribution in [0.3, 0.4) is 0 Å². The van der Waals surface area contributed by atoms with E-state index < -0.39 is 5.97 Å². The Kier molecular flexibility index (Phi) is 2.74.